The topological polar surface area (TPSA) is 305 Å². The summed E-state index contributed by atoms with van der Waals surface area (Å²) in [6.45, 7) is 4.26. The SMILES string of the molecule is C=C1N(C)c2cc(CC3CCC(CC(=O)N4CC[C@H]5CC[C@@H](C(=O)N[C@@H](CCC(N)=O)C(=O)NC(c6ccccc6)c6ccccc6)N5C(=O)[C@@H](NC(=O)c5cc6cc(C(=O)P(=O)(O)O)ccc6[nH]5)C4)CC3)ccc2N1C1CCC(=O)N(C)C1=O. The molecule has 3 saturated heterocycles. The Hall–Kier alpha value is -8.46. The molecule has 1 saturated carbocycles. The van der Waals surface area contributed by atoms with Crippen molar-refractivity contribution >= 4 is 82.7 Å². The van der Waals surface area contributed by atoms with Gasteiger partial charge in [0.2, 0.25) is 35.4 Å². The first-order valence-corrected chi connectivity index (χ1v) is 30.5. The average molecular weight is 1180 g/mol. The van der Waals surface area contributed by atoms with Crippen LogP contribution >= 0.6 is 7.60 Å². The quantitative estimate of drug-likeness (QED) is 0.0441. The number of nitrogens with two attached hydrogens (primary N) is 1. The molecule has 1 aliphatic carbocycles. The Morgan fingerprint density at radius 1 is 0.765 bits per heavy atom. The fraction of sp³-hybridized carbons (Fsp3) is 0.403. The molecular weight excluding hydrogens is 1110 g/mol. The zero-order chi connectivity index (χ0) is 60.4. The second-order valence-corrected chi connectivity index (χ2v) is 24.6. The highest BCUT2D eigenvalue weighted by atomic mass is 31.2. The minimum absolute atomic E-state index is 0.0535. The van der Waals surface area contributed by atoms with Gasteiger partial charge >= 0.3 is 7.60 Å². The van der Waals surface area contributed by atoms with Gasteiger partial charge in [0.15, 0.2) is 0 Å². The number of H-pyrrole nitrogens is 1. The molecule has 23 heteroatoms. The van der Waals surface area contributed by atoms with Gasteiger partial charge < -0.3 is 56.1 Å². The smallest absolute Gasteiger partial charge is 0.370 e. The van der Waals surface area contributed by atoms with Gasteiger partial charge in [0.1, 0.15) is 35.7 Å². The first kappa shape index (κ1) is 59.7. The average Bonchev–Trinajstić information content (AvgIpc) is 2.59. The molecule has 5 aliphatic rings. The van der Waals surface area contributed by atoms with Crippen molar-refractivity contribution in [2.75, 3.05) is 37.0 Å². The van der Waals surface area contributed by atoms with E-state index < -0.39 is 78.9 Å². The lowest BCUT2D eigenvalue weighted by Crippen LogP contribution is -2.62. The highest BCUT2D eigenvalue weighted by Crippen LogP contribution is 2.45. The maximum atomic E-state index is 15.2. The molecule has 4 aliphatic heterocycles. The van der Waals surface area contributed by atoms with Crippen molar-refractivity contribution in [3.05, 3.63) is 143 Å². The summed E-state index contributed by atoms with van der Waals surface area (Å²) in [5, 5.41) is 9.00. The summed E-state index contributed by atoms with van der Waals surface area (Å²) in [4.78, 5) is 153. The minimum Gasteiger partial charge on any atom is -0.370 e. The lowest BCUT2D eigenvalue weighted by molar-refractivity contribution is -0.147. The van der Waals surface area contributed by atoms with Crippen LogP contribution in [0.2, 0.25) is 0 Å². The van der Waals surface area contributed by atoms with Crippen molar-refractivity contribution in [3.8, 4) is 0 Å². The fourth-order valence-corrected chi connectivity index (χ4v) is 13.4. The number of likely N-dealkylation sites (N-methyl/N-ethyl adjacent to an activating group) is 1. The lowest BCUT2D eigenvalue weighted by atomic mass is 9.78. The van der Waals surface area contributed by atoms with Crippen LogP contribution in [0.5, 0.6) is 0 Å². The Bertz CT molecular complexity index is 3470. The summed E-state index contributed by atoms with van der Waals surface area (Å²) in [6, 6.07) is 24.6. The van der Waals surface area contributed by atoms with Crippen molar-refractivity contribution < 1.29 is 57.5 Å². The van der Waals surface area contributed by atoms with Crippen molar-refractivity contribution in [1.29, 1.82) is 0 Å². The molecule has 4 aromatic carbocycles. The van der Waals surface area contributed by atoms with Gasteiger partial charge in [-0.05, 0) is 129 Å². The van der Waals surface area contributed by atoms with Gasteiger partial charge in [0.05, 0.1) is 17.4 Å². The molecule has 446 valence electrons. The summed E-state index contributed by atoms with van der Waals surface area (Å²) >= 11 is 0. The van der Waals surface area contributed by atoms with Gasteiger partial charge in [0, 0.05) is 69.0 Å². The number of likely N-dealkylation sites (tertiary alicyclic amines) is 1. The molecule has 85 heavy (non-hydrogen) atoms. The Labute approximate surface area is 491 Å². The summed E-state index contributed by atoms with van der Waals surface area (Å²) in [7, 11) is -1.69. The molecule has 4 fully saturated rings. The van der Waals surface area contributed by atoms with Gasteiger partial charge in [-0.15, -0.1) is 0 Å². The van der Waals surface area contributed by atoms with Crippen LogP contribution in [0, 0.1) is 11.8 Å². The number of aromatic nitrogens is 1. The Morgan fingerprint density at radius 2 is 1.45 bits per heavy atom. The number of hydrogen-bond donors (Lipinski definition) is 7. The van der Waals surface area contributed by atoms with Crippen LogP contribution in [0.4, 0.5) is 11.4 Å². The second-order valence-electron chi connectivity index (χ2n) is 23.1. The van der Waals surface area contributed by atoms with Gasteiger partial charge in [-0.1, -0.05) is 73.3 Å². The van der Waals surface area contributed by atoms with E-state index in [4.69, 9.17) is 5.73 Å². The normalized spacial score (nSPS) is 22.2. The predicted octanol–water partition coefficient (Wildman–Crippen LogP) is 5.15. The van der Waals surface area contributed by atoms with Crippen LogP contribution in [-0.2, 0) is 44.5 Å². The molecule has 0 radical (unpaired) electrons. The zero-order valence-corrected chi connectivity index (χ0v) is 48.4. The molecule has 1 aromatic heterocycles. The number of rotatable bonds is 18. The third kappa shape index (κ3) is 13.0. The highest BCUT2D eigenvalue weighted by molar-refractivity contribution is 7.70. The van der Waals surface area contributed by atoms with Crippen molar-refractivity contribution in [1.82, 2.24) is 35.6 Å². The van der Waals surface area contributed by atoms with E-state index >= 15 is 4.79 Å². The third-order valence-corrected chi connectivity index (χ3v) is 18.4. The summed E-state index contributed by atoms with van der Waals surface area (Å²) in [5.41, 5.74) is 8.69. The molecule has 22 nitrogen and oxygen atoms in total. The summed E-state index contributed by atoms with van der Waals surface area (Å²) in [6.07, 6.45) is 5.56. The summed E-state index contributed by atoms with van der Waals surface area (Å²) < 4.78 is 11.8. The number of hydrogen-bond acceptors (Lipinski definition) is 12. The molecule has 0 bridgehead atoms. The molecule has 0 spiro atoms. The van der Waals surface area contributed by atoms with E-state index in [2.05, 4.69) is 39.6 Å². The number of carbonyl (C=O) groups excluding carboxylic acids is 9. The number of carbonyl (C=O) groups is 9. The second kappa shape index (κ2) is 25.0. The monoisotopic (exact) mass is 1180 g/mol. The molecule has 1 unspecified atom stereocenters. The molecule has 5 atom stereocenters. The lowest BCUT2D eigenvalue weighted by Gasteiger charge is -2.39. The van der Waals surface area contributed by atoms with Crippen LogP contribution in [-0.4, -0.2) is 140 Å². The number of benzene rings is 4. The molecule has 8 N–H and O–H groups in total. The molecule has 8 amide bonds. The van der Waals surface area contributed by atoms with Crippen LogP contribution in [0.25, 0.3) is 10.9 Å². The Balaban J connectivity index is 0.837. The number of anilines is 2. The van der Waals surface area contributed by atoms with Gasteiger partial charge in [-0.2, -0.15) is 0 Å². The maximum Gasteiger partial charge on any atom is 0.396 e. The highest BCUT2D eigenvalue weighted by Gasteiger charge is 2.47. The number of piperidine rings is 1. The fourth-order valence-electron chi connectivity index (χ4n) is 12.9. The maximum absolute atomic E-state index is 15.2. The number of nitrogens with one attached hydrogen (secondary N) is 4. The molecule has 5 aromatic rings. The van der Waals surface area contributed by atoms with Gasteiger partial charge in [-0.3, -0.25) is 52.6 Å². The van der Waals surface area contributed by atoms with Crippen LogP contribution in [0.1, 0.15) is 121 Å². The van der Waals surface area contributed by atoms with E-state index in [1.165, 1.54) is 41.1 Å². The van der Waals surface area contributed by atoms with Gasteiger partial charge in [-0.25, -0.2) is 0 Å². The van der Waals surface area contributed by atoms with Crippen LogP contribution in [0.15, 0.2) is 116 Å². The largest absolute Gasteiger partial charge is 0.396 e. The van der Waals surface area contributed by atoms with E-state index in [9.17, 15) is 52.7 Å². The number of nitrogens with zero attached hydrogens (tertiary/aromatic N) is 5. The van der Waals surface area contributed by atoms with Crippen LogP contribution in [0.3, 0.4) is 0 Å². The van der Waals surface area contributed by atoms with Crippen molar-refractivity contribution in [2.24, 2.45) is 17.6 Å². The standard InChI is InChI=1S/C62H71N10O12P/c1-36-68(2)52-31-39(18-23-49(52)71(36)51-25-27-54(74)69(3)61(51)80)30-37-14-16-38(17-15-37)32-55(75)70-29-28-44-20-24-50(59(78)65-46(22-26-53(63)73)57(76)67-56(40-10-6-4-7-11-40)41-12-8-5-9-13-41)72(44)60(79)48(35-70)66-58(77)47-34-43-33-42(19-21-45(43)64-47)62(81)85(82,83)84/h4-13,18-19,21,23,31,33-34,37-38,44,46,48,50-51,56,64H,1,14-17,20,22,24-30,32,35H2,2-3H3,(H2,63,73)(H,65,78)(H,66,77)(H,67,76)(H2,82,83,84)/t37?,38?,44-,46+,48+,50+,51?/m1/s1. The first-order valence-electron chi connectivity index (χ1n) is 28.9. The minimum atomic E-state index is -5.13. The van der Waals surface area contributed by atoms with Crippen LogP contribution < -0.4 is 31.5 Å². The zero-order valence-electron chi connectivity index (χ0n) is 47.5. The number of amides is 8. The van der Waals surface area contributed by atoms with E-state index in [-0.39, 0.29) is 85.5 Å². The number of aromatic amines is 1. The first-order chi connectivity index (χ1) is 40.6. The van der Waals surface area contributed by atoms with E-state index in [0.29, 0.717) is 36.5 Å². The van der Waals surface area contributed by atoms with Gasteiger partial charge in [0.25, 0.3) is 17.3 Å². The molecular formula is C62H71N10O12P. The summed E-state index contributed by atoms with van der Waals surface area (Å²) in [5.74, 6) is -2.88. The van der Waals surface area contributed by atoms with E-state index in [0.717, 1.165) is 60.2 Å². The number of fused-ring (bicyclic) bond motifs is 3. The Morgan fingerprint density at radius 3 is 2.12 bits per heavy atom. The predicted molar refractivity (Wildman–Crippen MR) is 315 cm³/mol. The van der Waals surface area contributed by atoms with Crippen molar-refractivity contribution in [2.45, 2.75) is 120 Å². The van der Waals surface area contributed by atoms with E-state index in [1.807, 2.05) is 83.6 Å². The number of imide groups is 1. The van der Waals surface area contributed by atoms with Crippen molar-refractivity contribution in [3.63, 3.8) is 0 Å². The Kier molecular flexibility index (Phi) is 17.6. The molecule has 5 heterocycles. The molecule has 10 rings (SSSR count). The van der Waals surface area contributed by atoms with E-state index in [1.54, 1.807) is 4.90 Å². The third-order valence-electron chi connectivity index (χ3n) is 17.6. The number of primary amides is 1.